The largest absolute Gasteiger partial charge is 0.378 e. The molecule has 10 nitrogen and oxygen atoms in total. The molecule has 2 saturated carbocycles. The van der Waals surface area contributed by atoms with Gasteiger partial charge in [-0.25, -0.2) is 23.1 Å². The Morgan fingerprint density at radius 1 is 1.00 bits per heavy atom. The van der Waals surface area contributed by atoms with Crippen molar-refractivity contribution < 1.29 is 27.4 Å². The van der Waals surface area contributed by atoms with Crippen molar-refractivity contribution in [3.05, 3.63) is 111 Å². The van der Waals surface area contributed by atoms with Crippen LogP contribution in [0.5, 0.6) is 0 Å². The number of rotatable bonds is 11. The van der Waals surface area contributed by atoms with E-state index in [1.54, 1.807) is 24.4 Å². The molecular weight excluding hydrogens is 862 g/mol. The maximum atomic E-state index is 18.0. The number of aromatic nitrogens is 3. The van der Waals surface area contributed by atoms with Crippen molar-refractivity contribution in [1.82, 2.24) is 24.8 Å². The van der Waals surface area contributed by atoms with E-state index in [4.69, 9.17) is 42.6 Å². The number of morpholine rings is 1. The van der Waals surface area contributed by atoms with Gasteiger partial charge in [0.15, 0.2) is 5.82 Å². The second-order valence-corrected chi connectivity index (χ2v) is 18.5. The van der Waals surface area contributed by atoms with Crippen LogP contribution in [-0.4, -0.2) is 76.9 Å². The van der Waals surface area contributed by atoms with Crippen LogP contribution < -0.4 is 10.2 Å². The van der Waals surface area contributed by atoms with Gasteiger partial charge in [-0.1, -0.05) is 41.4 Å². The minimum atomic E-state index is -0.685. The van der Waals surface area contributed by atoms with E-state index < -0.39 is 29.6 Å². The highest BCUT2D eigenvalue weighted by Crippen LogP contribution is 2.52. The molecule has 2 bridgehead atoms. The van der Waals surface area contributed by atoms with Crippen molar-refractivity contribution in [2.75, 3.05) is 44.3 Å². The van der Waals surface area contributed by atoms with Crippen molar-refractivity contribution in [2.45, 2.75) is 69.4 Å². The number of halogens is 5. The van der Waals surface area contributed by atoms with E-state index in [0.717, 1.165) is 48.2 Å². The first-order valence-electron chi connectivity index (χ1n) is 22.1. The summed E-state index contributed by atoms with van der Waals surface area (Å²) in [4.78, 5) is 28.5. The molecule has 0 radical (unpaired) electrons. The Morgan fingerprint density at radius 3 is 2.50 bits per heavy atom. The zero-order chi connectivity index (χ0) is 43.8. The number of carbonyl (C=O) groups excluding carboxylic acids is 1. The van der Waals surface area contributed by atoms with Gasteiger partial charge in [-0.3, -0.25) is 4.79 Å². The summed E-state index contributed by atoms with van der Waals surface area (Å²) in [5.74, 6) is -0.957. The highest BCUT2D eigenvalue weighted by Gasteiger charge is 2.51. The summed E-state index contributed by atoms with van der Waals surface area (Å²) >= 11 is 13.4. The maximum Gasteiger partial charge on any atom is 0.226 e. The SMILES string of the molecule is N#CCCc1cc2c(nc(-c3ccc(N4CCOCC4)nc3)c3cc(C4CC(OCc5c(F)cccc5F)CN4C(=O)C4CC4)n(C4C5CNC4C5)c32)c(F)c1-c1cccc(Cl)c1Cl. The number of carbonyl (C=O) groups is 1. The molecule has 3 aromatic heterocycles. The minimum absolute atomic E-state index is 0.0224. The molecule has 6 aromatic rings. The normalized spacial score (nSPS) is 23.0. The van der Waals surface area contributed by atoms with Gasteiger partial charge < -0.3 is 29.2 Å². The van der Waals surface area contributed by atoms with Gasteiger partial charge in [-0.05, 0) is 79.6 Å². The fourth-order valence-corrected chi connectivity index (χ4v) is 10.9. The quantitative estimate of drug-likeness (QED) is 0.137. The second-order valence-electron chi connectivity index (χ2n) is 17.7. The summed E-state index contributed by atoms with van der Waals surface area (Å²) in [5, 5.41) is 15.3. The lowest BCUT2D eigenvalue weighted by atomic mass is 9.79. The average Bonchev–Trinajstić information content (AvgIpc) is 3.57. The molecule has 4 saturated heterocycles. The van der Waals surface area contributed by atoms with Crippen molar-refractivity contribution in [3.63, 3.8) is 0 Å². The number of fused-ring (bicyclic) bond motifs is 4. The first-order valence-corrected chi connectivity index (χ1v) is 22.8. The molecule has 12 rings (SSSR count). The van der Waals surface area contributed by atoms with Crippen LogP contribution in [0.25, 0.3) is 44.2 Å². The minimum Gasteiger partial charge on any atom is -0.378 e. The molecule has 15 heteroatoms. The molecule has 6 fully saturated rings. The third-order valence-corrected chi connectivity index (χ3v) is 14.8. The molecule has 0 spiro atoms. The van der Waals surface area contributed by atoms with E-state index in [2.05, 4.69) is 26.9 Å². The van der Waals surface area contributed by atoms with E-state index in [9.17, 15) is 18.8 Å². The number of benzene rings is 3. The highest BCUT2D eigenvalue weighted by molar-refractivity contribution is 6.43. The van der Waals surface area contributed by atoms with Crippen LogP contribution in [-0.2, 0) is 27.3 Å². The molecule has 7 heterocycles. The summed E-state index contributed by atoms with van der Waals surface area (Å²) in [6, 6.07) is 18.7. The zero-order valence-electron chi connectivity index (χ0n) is 34.8. The Bertz CT molecular complexity index is 2840. The average molecular weight is 907 g/mol. The van der Waals surface area contributed by atoms with Gasteiger partial charge in [0.05, 0.1) is 65.3 Å². The van der Waals surface area contributed by atoms with Crippen LogP contribution in [0, 0.1) is 40.6 Å². The molecule has 64 heavy (non-hydrogen) atoms. The monoisotopic (exact) mass is 905 g/mol. The number of nitrogens with zero attached hydrogens (tertiary/aromatic N) is 6. The van der Waals surface area contributed by atoms with Gasteiger partial charge in [0.25, 0.3) is 0 Å². The Morgan fingerprint density at radius 2 is 1.80 bits per heavy atom. The molecule has 328 valence electrons. The van der Waals surface area contributed by atoms with E-state index in [1.807, 2.05) is 23.1 Å². The van der Waals surface area contributed by atoms with Crippen LogP contribution in [0.2, 0.25) is 10.0 Å². The first-order chi connectivity index (χ1) is 31.2. The Kier molecular flexibility index (Phi) is 10.8. The number of ether oxygens (including phenoxy) is 2. The Balaban J connectivity index is 1.14. The molecular formula is C49H44Cl2F3N7O3. The van der Waals surface area contributed by atoms with Crippen LogP contribution in [0.4, 0.5) is 19.0 Å². The molecule has 4 aliphatic heterocycles. The number of hydrogen-bond donors (Lipinski definition) is 1. The van der Waals surface area contributed by atoms with E-state index in [1.165, 1.54) is 18.2 Å². The third kappa shape index (κ3) is 7.09. The Hall–Kier alpha value is -5.23. The number of pyridine rings is 2. The molecule has 3 aromatic carbocycles. The highest BCUT2D eigenvalue weighted by atomic mass is 35.5. The molecule has 1 N–H and O–H groups in total. The van der Waals surface area contributed by atoms with E-state index >= 15 is 4.39 Å². The topological polar surface area (TPSA) is 109 Å². The smallest absolute Gasteiger partial charge is 0.226 e. The Labute approximate surface area is 377 Å². The van der Waals surface area contributed by atoms with Crippen molar-refractivity contribution in [1.29, 1.82) is 5.26 Å². The number of aryl methyl sites for hydroxylation is 1. The molecule has 5 unspecified atom stereocenters. The van der Waals surface area contributed by atoms with Gasteiger partial charge in [0.1, 0.15) is 23.0 Å². The van der Waals surface area contributed by atoms with E-state index in [0.29, 0.717) is 60.5 Å². The van der Waals surface area contributed by atoms with Gasteiger partial charge >= 0.3 is 0 Å². The van der Waals surface area contributed by atoms with Crippen LogP contribution in [0.3, 0.4) is 0 Å². The third-order valence-electron chi connectivity index (χ3n) is 13.9. The van der Waals surface area contributed by atoms with Crippen LogP contribution >= 0.6 is 23.2 Å². The zero-order valence-corrected chi connectivity index (χ0v) is 36.3. The number of likely N-dealkylation sites (tertiary alicyclic amines) is 1. The van der Waals surface area contributed by atoms with E-state index in [-0.39, 0.29) is 82.5 Å². The summed E-state index contributed by atoms with van der Waals surface area (Å²) in [5.41, 5.74) is 4.05. The van der Waals surface area contributed by atoms with Crippen LogP contribution in [0.15, 0.2) is 66.9 Å². The number of nitrogens with one attached hydrogen (secondary N) is 1. The second kappa shape index (κ2) is 16.6. The summed E-state index contributed by atoms with van der Waals surface area (Å²) in [6.07, 6.45) is 4.59. The lowest BCUT2D eigenvalue weighted by molar-refractivity contribution is -0.134. The van der Waals surface area contributed by atoms with Crippen molar-refractivity contribution >= 4 is 56.7 Å². The molecule has 2 aliphatic carbocycles. The molecule has 1 amide bonds. The molecule has 5 atom stereocenters. The number of nitriles is 1. The van der Waals surface area contributed by atoms with Crippen molar-refractivity contribution in [2.24, 2.45) is 11.8 Å². The van der Waals surface area contributed by atoms with Gasteiger partial charge in [0, 0.05) is 95.9 Å². The summed E-state index contributed by atoms with van der Waals surface area (Å²) < 4.78 is 61.8. The first kappa shape index (κ1) is 41.5. The van der Waals surface area contributed by atoms with Gasteiger partial charge in [-0.15, -0.1) is 0 Å². The summed E-state index contributed by atoms with van der Waals surface area (Å²) in [7, 11) is 0. The lowest BCUT2D eigenvalue weighted by Crippen LogP contribution is -2.41. The lowest BCUT2D eigenvalue weighted by Gasteiger charge is -2.39. The number of anilines is 1. The number of hydrogen-bond acceptors (Lipinski definition) is 8. The molecule has 6 aliphatic rings. The number of amides is 1. The summed E-state index contributed by atoms with van der Waals surface area (Å²) in [6.45, 7) is 3.41. The standard InChI is InChI=1S/C49H44Cl2F3N7O3/c50-35-6-1-5-31(43(35)51)42-27(4-3-13-55)18-32-46(44(42)54)58-45(28-11-12-41(57-22-28)59-14-16-63-17-15-59)33-21-40(61(48(32)33)47-29-19-38(47)56-23-29)39-20-30(24-60(39)49(62)26-9-10-26)64-25-34-36(52)7-2-8-37(34)53/h1-2,5-8,11-12,18,21-22,26,29-30,38-39,47,56H,3-4,9-10,14-17,19-20,23-25H2. The van der Waals surface area contributed by atoms with Crippen LogP contribution in [0.1, 0.15) is 61.0 Å². The predicted octanol–water partition coefficient (Wildman–Crippen LogP) is 9.74. The van der Waals surface area contributed by atoms with Gasteiger partial charge in [0.2, 0.25) is 5.91 Å². The predicted molar refractivity (Wildman–Crippen MR) is 239 cm³/mol. The van der Waals surface area contributed by atoms with Crippen molar-refractivity contribution in [3.8, 4) is 28.5 Å². The fourth-order valence-electron chi connectivity index (χ4n) is 10.6. The maximum absolute atomic E-state index is 18.0. The van der Waals surface area contributed by atoms with Gasteiger partial charge in [-0.2, -0.15) is 5.26 Å². The fraction of sp³-hybridized carbons (Fsp3) is 0.388.